The molecule has 0 fully saturated rings. The molecule has 72 valence electrons. The van der Waals surface area contributed by atoms with Gasteiger partial charge in [-0.1, -0.05) is 30.3 Å². The quantitative estimate of drug-likeness (QED) is 0.560. The summed E-state index contributed by atoms with van der Waals surface area (Å²) in [6.45, 7) is 0. The van der Waals surface area contributed by atoms with Gasteiger partial charge in [-0.05, 0) is 17.5 Å². The lowest BCUT2D eigenvalue weighted by atomic mass is 10.1. The maximum absolute atomic E-state index is 9.86. The summed E-state index contributed by atoms with van der Waals surface area (Å²) >= 11 is 0. The molecule has 0 spiro atoms. The number of phenols is 1. The van der Waals surface area contributed by atoms with Crippen molar-refractivity contribution in [3.63, 3.8) is 0 Å². The highest BCUT2D eigenvalue weighted by molar-refractivity contribution is 6.08. The molecule has 3 aromatic rings. The van der Waals surface area contributed by atoms with Crippen LogP contribution < -0.4 is 0 Å². The third-order valence-electron chi connectivity index (χ3n) is 2.54. The minimum Gasteiger partial charge on any atom is -0.507 e. The summed E-state index contributed by atoms with van der Waals surface area (Å²) in [4.78, 5) is 4.17. The van der Waals surface area contributed by atoms with E-state index in [9.17, 15) is 5.11 Å². The molecule has 0 unspecified atom stereocenters. The molecule has 0 saturated heterocycles. The van der Waals surface area contributed by atoms with Crippen molar-refractivity contribution in [3.8, 4) is 5.75 Å². The highest BCUT2D eigenvalue weighted by Gasteiger charge is 2.04. The largest absolute Gasteiger partial charge is 0.507 e. The number of hydrogen-bond acceptors (Lipinski definition) is 2. The molecule has 0 amide bonds. The minimum absolute atomic E-state index is 0.209. The Morgan fingerprint density at radius 1 is 1.00 bits per heavy atom. The summed E-state index contributed by atoms with van der Waals surface area (Å²) in [5, 5.41) is 12.4. The van der Waals surface area contributed by atoms with E-state index in [-0.39, 0.29) is 11.9 Å². The number of aromatic nitrogens is 1. The third-order valence-corrected chi connectivity index (χ3v) is 2.54. The van der Waals surface area contributed by atoms with Crippen LogP contribution in [0.2, 0.25) is 0 Å². The number of pyridine rings is 1. The first-order chi connectivity index (χ1) is 7.75. The van der Waals surface area contributed by atoms with Gasteiger partial charge in [-0.2, -0.15) is 0 Å². The lowest BCUT2D eigenvalue weighted by molar-refractivity contribution is 0.482. The predicted molar refractivity (Wildman–Crippen MR) is 60.9 cm³/mol. The van der Waals surface area contributed by atoms with Crippen molar-refractivity contribution in [3.05, 3.63) is 48.6 Å². The lowest BCUT2D eigenvalue weighted by Gasteiger charge is -2.04. The van der Waals surface area contributed by atoms with Crippen LogP contribution in [0.3, 0.4) is 0 Å². The molecule has 2 aromatic carbocycles. The van der Waals surface area contributed by atoms with Crippen molar-refractivity contribution < 1.29 is 6.48 Å². The second kappa shape index (κ2) is 2.95. The Balaban J connectivity index is 2.61. The first-order valence-electron chi connectivity index (χ1n) is 5.24. The average molecular weight is 196 g/mol. The van der Waals surface area contributed by atoms with Crippen LogP contribution >= 0.6 is 0 Å². The first kappa shape index (κ1) is 7.23. The zero-order valence-electron chi connectivity index (χ0n) is 8.94. The minimum atomic E-state index is 0.209. The molecule has 0 aliphatic carbocycles. The normalized spacial score (nSPS) is 11.9. The fraction of sp³-hybridized carbons (Fsp3) is 0. The van der Waals surface area contributed by atoms with Gasteiger partial charge < -0.3 is 5.11 Å². The van der Waals surface area contributed by atoms with Gasteiger partial charge in [0.15, 0.2) is 0 Å². The van der Waals surface area contributed by atoms with Crippen molar-refractivity contribution in [1.82, 2.24) is 4.98 Å². The molecule has 2 nitrogen and oxygen atoms in total. The monoisotopic (exact) mass is 196 g/mol. The molecule has 0 radical (unpaired) electrons. The Kier molecular flexibility index (Phi) is 1.42. The molecular weight excluding hydrogens is 186 g/mol. The van der Waals surface area contributed by atoms with Gasteiger partial charge in [0, 0.05) is 16.9 Å². The van der Waals surface area contributed by atoms with Crippen LogP contribution in [0.25, 0.3) is 21.7 Å². The number of benzene rings is 2. The number of nitrogens with zero attached hydrogens (tertiary/aromatic N) is 1. The van der Waals surface area contributed by atoms with Gasteiger partial charge >= 0.3 is 0 Å². The molecular formula is C13H9NO. The Morgan fingerprint density at radius 2 is 1.80 bits per heavy atom. The smallest absolute Gasteiger partial charge is 0.125 e. The summed E-state index contributed by atoms with van der Waals surface area (Å²) in [5.74, 6) is 0.209. The van der Waals surface area contributed by atoms with Gasteiger partial charge in [-0.3, -0.25) is 4.98 Å². The van der Waals surface area contributed by atoms with Crippen LogP contribution in [0, 0.1) is 0 Å². The van der Waals surface area contributed by atoms with Crippen molar-refractivity contribution >= 4 is 21.7 Å². The highest BCUT2D eigenvalue weighted by atomic mass is 16.3. The van der Waals surface area contributed by atoms with Crippen LogP contribution in [-0.2, 0) is 0 Å². The Hall–Kier alpha value is -2.09. The Labute approximate surface area is 88.2 Å². The summed E-state index contributed by atoms with van der Waals surface area (Å²) in [7, 11) is 0. The van der Waals surface area contributed by atoms with E-state index >= 15 is 0 Å². The molecule has 0 bridgehead atoms. The molecule has 15 heavy (non-hydrogen) atoms. The summed E-state index contributed by atoms with van der Waals surface area (Å²) in [6, 6.07) is 12.7. The predicted octanol–water partition coefficient (Wildman–Crippen LogP) is 3.09. The molecule has 0 aliphatic rings. The van der Waals surface area contributed by atoms with E-state index in [1.165, 1.54) is 0 Å². The molecule has 1 aromatic heterocycles. The highest BCUT2D eigenvalue weighted by Crippen LogP contribution is 2.30. The Bertz CT molecular complexity index is 694. The topological polar surface area (TPSA) is 33.1 Å². The van der Waals surface area contributed by atoms with Crippen LogP contribution in [0.5, 0.6) is 5.75 Å². The fourth-order valence-electron chi connectivity index (χ4n) is 1.84. The molecule has 1 N–H and O–H groups in total. The van der Waals surface area contributed by atoms with Crippen LogP contribution in [0.4, 0.5) is 0 Å². The van der Waals surface area contributed by atoms with E-state index in [0.717, 1.165) is 10.8 Å². The number of hydrogen-bond donors (Lipinski definition) is 1. The second-order valence-corrected chi connectivity index (χ2v) is 3.45. The summed E-state index contributed by atoms with van der Waals surface area (Å²) < 4.78 is 7.53. The average Bonchev–Trinajstić information content (AvgIpc) is 2.28. The molecule has 3 rings (SSSR count). The summed E-state index contributed by atoms with van der Waals surface area (Å²) in [6.07, 6.45) is 0.211. The Morgan fingerprint density at radius 3 is 2.73 bits per heavy atom. The molecule has 2 heteroatoms. The van der Waals surface area contributed by atoms with Crippen molar-refractivity contribution in [2.24, 2.45) is 0 Å². The van der Waals surface area contributed by atoms with Gasteiger partial charge in [-0.15, -0.1) is 0 Å². The number of aromatic hydroxyl groups is 1. The third kappa shape index (κ3) is 1.15. The van der Waals surface area contributed by atoms with Crippen LogP contribution in [0.15, 0.2) is 48.6 Å². The zero-order chi connectivity index (χ0) is 11.1. The summed E-state index contributed by atoms with van der Waals surface area (Å²) in [5.41, 5.74) is 0.683. The molecule has 0 saturated carbocycles. The lowest BCUT2D eigenvalue weighted by Crippen LogP contribution is -1.81. The van der Waals surface area contributed by atoms with E-state index in [1.807, 2.05) is 24.3 Å². The van der Waals surface area contributed by atoms with Crippen molar-refractivity contribution in [2.75, 3.05) is 0 Å². The van der Waals surface area contributed by atoms with Crippen molar-refractivity contribution in [2.45, 2.75) is 0 Å². The van der Waals surface area contributed by atoms with Gasteiger partial charge in [0.25, 0.3) is 0 Å². The van der Waals surface area contributed by atoms with Gasteiger partial charge in [0.05, 0.1) is 6.89 Å². The standard InChI is InChI=1S/C13H9NO/c15-11-5-1-3-9-6-7-10-4-2-8-14-13(10)12(9)11/h1-8,15H/i8D. The van der Waals surface area contributed by atoms with E-state index in [0.29, 0.717) is 10.9 Å². The van der Waals surface area contributed by atoms with Crippen LogP contribution in [0.1, 0.15) is 1.37 Å². The molecule has 1 heterocycles. The maximum Gasteiger partial charge on any atom is 0.125 e. The number of phenolic OH excluding ortho intramolecular Hbond substituents is 1. The van der Waals surface area contributed by atoms with Gasteiger partial charge in [0.1, 0.15) is 5.75 Å². The molecule has 0 aliphatic heterocycles. The van der Waals surface area contributed by atoms with Gasteiger partial charge in [-0.25, -0.2) is 0 Å². The zero-order valence-corrected chi connectivity index (χ0v) is 7.94. The second-order valence-electron chi connectivity index (χ2n) is 3.45. The van der Waals surface area contributed by atoms with E-state index in [2.05, 4.69) is 4.98 Å². The van der Waals surface area contributed by atoms with Gasteiger partial charge in [0.2, 0.25) is 0 Å². The first-order valence-corrected chi connectivity index (χ1v) is 4.74. The maximum atomic E-state index is 9.86. The van der Waals surface area contributed by atoms with Crippen LogP contribution in [-0.4, -0.2) is 10.1 Å². The fourth-order valence-corrected chi connectivity index (χ4v) is 1.84. The number of rotatable bonds is 0. The molecule has 0 atom stereocenters. The van der Waals surface area contributed by atoms with E-state index in [1.54, 1.807) is 18.2 Å². The SMILES string of the molecule is [2H]c1ccc2ccc3cccc(O)c3c2n1. The van der Waals surface area contributed by atoms with Crippen molar-refractivity contribution in [1.29, 1.82) is 0 Å². The van der Waals surface area contributed by atoms with E-state index < -0.39 is 0 Å². The van der Waals surface area contributed by atoms with E-state index in [4.69, 9.17) is 1.37 Å². The number of fused-ring (bicyclic) bond motifs is 3.